The van der Waals surface area contributed by atoms with E-state index >= 15 is 0 Å². The van der Waals surface area contributed by atoms with Crippen molar-refractivity contribution in [2.75, 3.05) is 7.05 Å². The fourth-order valence-corrected chi connectivity index (χ4v) is 2.94. The molecule has 1 aliphatic rings. The minimum atomic E-state index is 0.523. The fourth-order valence-electron chi connectivity index (χ4n) is 2.94. The lowest BCUT2D eigenvalue weighted by Gasteiger charge is -2.38. The molecule has 19 heavy (non-hydrogen) atoms. The molecule has 1 aromatic rings. The Bertz CT molecular complexity index is 404. The summed E-state index contributed by atoms with van der Waals surface area (Å²) in [4.78, 5) is 7.04. The maximum Gasteiger partial charge on any atom is 0.0547 e. The van der Waals surface area contributed by atoms with Gasteiger partial charge < -0.3 is 5.73 Å². The van der Waals surface area contributed by atoms with Gasteiger partial charge in [0.15, 0.2) is 0 Å². The zero-order valence-corrected chi connectivity index (χ0v) is 12.5. The molecule has 0 aliphatic heterocycles. The molecule has 2 N–H and O–H groups in total. The Hall–Kier alpha value is -0.930. The SMILES string of the molecule is CN(Cc1cccc(CN)n1)C1CCC(C)(C)CC1. The first kappa shape index (κ1) is 14.5. The van der Waals surface area contributed by atoms with Gasteiger partial charge in [-0.1, -0.05) is 19.9 Å². The Morgan fingerprint density at radius 1 is 1.26 bits per heavy atom. The summed E-state index contributed by atoms with van der Waals surface area (Å²) in [5.74, 6) is 0. The third kappa shape index (κ3) is 4.02. The lowest BCUT2D eigenvalue weighted by molar-refractivity contribution is 0.122. The molecule has 1 fully saturated rings. The minimum absolute atomic E-state index is 0.523. The van der Waals surface area contributed by atoms with Gasteiger partial charge in [-0.25, -0.2) is 0 Å². The van der Waals surface area contributed by atoms with Crippen molar-refractivity contribution in [2.45, 2.75) is 58.7 Å². The van der Waals surface area contributed by atoms with Gasteiger partial charge in [-0.15, -0.1) is 0 Å². The van der Waals surface area contributed by atoms with Crippen LogP contribution in [0.1, 0.15) is 50.9 Å². The summed E-state index contributed by atoms with van der Waals surface area (Å²) >= 11 is 0. The molecule has 0 unspecified atom stereocenters. The number of hydrogen-bond donors (Lipinski definition) is 1. The Balaban J connectivity index is 1.92. The topological polar surface area (TPSA) is 42.1 Å². The van der Waals surface area contributed by atoms with Crippen molar-refractivity contribution in [2.24, 2.45) is 11.1 Å². The summed E-state index contributed by atoms with van der Waals surface area (Å²) in [7, 11) is 2.22. The van der Waals surface area contributed by atoms with Gasteiger partial charge >= 0.3 is 0 Å². The monoisotopic (exact) mass is 261 g/mol. The molecule has 0 saturated heterocycles. The van der Waals surface area contributed by atoms with Crippen molar-refractivity contribution >= 4 is 0 Å². The van der Waals surface area contributed by atoms with Crippen molar-refractivity contribution in [3.05, 3.63) is 29.6 Å². The normalized spacial score (nSPS) is 19.8. The van der Waals surface area contributed by atoms with Gasteiger partial charge in [-0.05, 0) is 50.3 Å². The smallest absolute Gasteiger partial charge is 0.0547 e. The van der Waals surface area contributed by atoms with Crippen LogP contribution in [0.3, 0.4) is 0 Å². The average molecular weight is 261 g/mol. The van der Waals surface area contributed by atoms with Crippen LogP contribution in [0, 0.1) is 5.41 Å². The number of pyridine rings is 1. The van der Waals surface area contributed by atoms with Crippen LogP contribution in [0.4, 0.5) is 0 Å². The summed E-state index contributed by atoms with van der Waals surface area (Å²) in [5.41, 5.74) is 8.30. The van der Waals surface area contributed by atoms with E-state index in [-0.39, 0.29) is 0 Å². The van der Waals surface area contributed by atoms with Crippen LogP contribution in [-0.4, -0.2) is 23.0 Å². The Morgan fingerprint density at radius 2 is 1.89 bits per heavy atom. The molecular formula is C16H27N3. The minimum Gasteiger partial charge on any atom is -0.325 e. The molecule has 0 bridgehead atoms. The fraction of sp³-hybridized carbons (Fsp3) is 0.688. The second-order valence-corrected chi connectivity index (χ2v) is 6.63. The Kier molecular flexibility index (Phi) is 4.58. The van der Waals surface area contributed by atoms with Crippen molar-refractivity contribution in [3.63, 3.8) is 0 Å². The molecule has 0 amide bonds. The van der Waals surface area contributed by atoms with Crippen molar-refractivity contribution in [1.82, 2.24) is 9.88 Å². The van der Waals surface area contributed by atoms with Crippen LogP contribution < -0.4 is 5.73 Å². The molecule has 1 saturated carbocycles. The molecule has 106 valence electrons. The summed E-state index contributed by atoms with van der Waals surface area (Å²) in [6, 6.07) is 6.86. The van der Waals surface area contributed by atoms with E-state index in [1.807, 2.05) is 6.07 Å². The number of nitrogens with zero attached hydrogens (tertiary/aromatic N) is 2. The van der Waals surface area contributed by atoms with E-state index < -0.39 is 0 Å². The maximum absolute atomic E-state index is 5.65. The third-order valence-electron chi connectivity index (χ3n) is 4.42. The second-order valence-electron chi connectivity index (χ2n) is 6.63. The number of nitrogens with two attached hydrogens (primary N) is 1. The zero-order chi connectivity index (χ0) is 13.9. The summed E-state index contributed by atoms with van der Waals surface area (Å²) in [5, 5.41) is 0. The van der Waals surface area contributed by atoms with E-state index in [4.69, 9.17) is 5.73 Å². The molecule has 2 rings (SSSR count). The van der Waals surface area contributed by atoms with Crippen LogP contribution in [-0.2, 0) is 13.1 Å². The van der Waals surface area contributed by atoms with Crippen LogP contribution in [0.5, 0.6) is 0 Å². The summed E-state index contributed by atoms with van der Waals surface area (Å²) in [6.45, 7) is 6.22. The predicted octanol–water partition coefficient (Wildman–Crippen LogP) is 2.94. The van der Waals surface area contributed by atoms with Crippen LogP contribution in [0.2, 0.25) is 0 Å². The first-order valence-electron chi connectivity index (χ1n) is 7.35. The van der Waals surface area contributed by atoms with E-state index in [1.165, 1.54) is 25.7 Å². The van der Waals surface area contributed by atoms with Crippen molar-refractivity contribution in [1.29, 1.82) is 0 Å². The molecule has 3 heteroatoms. The van der Waals surface area contributed by atoms with Crippen LogP contribution >= 0.6 is 0 Å². The van der Waals surface area contributed by atoms with Gasteiger partial charge in [0, 0.05) is 19.1 Å². The Morgan fingerprint density at radius 3 is 2.53 bits per heavy atom. The highest BCUT2D eigenvalue weighted by Crippen LogP contribution is 2.36. The molecule has 1 aromatic heterocycles. The molecular weight excluding hydrogens is 234 g/mol. The molecule has 0 atom stereocenters. The Labute approximate surface area is 117 Å². The van der Waals surface area contributed by atoms with E-state index in [9.17, 15) is 0 Å². The van der Waals surface area contributed by atoms with Gasteiger partial charge in [0.25, 0.3) is 0 Å². The largest absolute Gasteiger partial charge is 0.325 e. The van der Waals surface area contributed by atoms with Gasteiger partial charge in [-0.2, -0.15) is 0 Å². The van der Waals surface area contributed by atoms with Crippen LogP contribution in [0.15, 0.2) is 18.2 Å². The van der Waals surface area contributed by atoms with Crippen LogP contribution in [0.25, 0.3) is 0 Å². The number of rotatable bonds is 4. The van der Waals surface area contributed by atoms with E-state index in [2.05, 4.69) is 42.9 Å². The highest BCUT2D eigenvalue weighted by atomic mass is 15.1. The van der Waals surface area contributed by atoms with Gasteiger partial charge in [-0.3, -0.25) is 9.88 Å². The second kappa shape index (κ2) is 6.02. The first-order valence-corrected chi connectivity index (χ1v) is 7.35. The standard InChI is InChI=1S/C16H27N3/c1-16(2)9-7-15(8-10-16)19(3)12-14-6-4-5-13(11-17)18-14/h4-6,15H,7-12,17H2,1-3H3. The lowest BCUT2D eigenvalue weighted by Crippen LogP contribution is -2.37. The van der Waals surface area contributed by atoms with E-state index in [0.29, 0.717) is 18.0 Å². The molecule has 0 radical (unpaired) electrons. The highest BCUT2D eigenvalue weighted by Gasteiger charge is 2.28. The van der Waals surface area contributed by atoms with E-state index in [1.54, 1.807) is 0 Å². The number of aromatic nitrogens is 1. The van der Waals surface area contributed by atoms with Gasteiger partial charge in [0.2, 0.25) is 0 Å². The van der Waals surface area contributed by atoms with E-state index in [0.717, 1.165) is 17.9 Å². The quantitative estimate of drug-likeness (QED) is 0.906. The lowest BCUT2D eigenvalue weighted by atomic mass is 9.75. The molecule has 0 spiro atoms. The molecule has 0 aromatic carbocycles. The zero-order valence-electron chi connectivity index (χ0n) is 12.5. The van der Waals surface area contributed by atoms with Crippen molar-refractivity contribution in [3.8, 4) is 0 Å². The maximum atomic E-state index is 5.65. The predicted molar refractivity (Wildman–Crippen MR) is 79.6 cm³/mol. The average Bonchev–Trinajstić information content (AvgIpc) is 2.38. The summed E-state index contributed by atoms with van der Waals surface area (Å²) in [6.07, 6.45) is 5.27. The van der Waals surface area contributed by atoms with Gasteiger partial charge in [0.05, 0.1) is 11.4 Å². The molecule has 1 aliphatic carbocycles. The number of hydrogen-bond acceptors (Lipinski definition) is 3. The van der Waals surface area contributed by atoms with Crippen molar-refractivity contribution < 1.29 is 0 Å². The van der Waals surface area contributed by atoms with Gasteiger partial charge in [0.1, 0.15) is 0 Å². The summed E-state index contributed by atoms with van der Waals surface area (Å²) < 4.78 is 0. The molecule has 1 heterocycles. The molecule has 3 nitrogen and oxygen atoms in total. The highest BCUT2D eigenvalue weighted by molar-refractivity contribution is 5.11. The first-order chi connectivity index (χ1) is 9.00. The third-order valence-corrected chi connectivity index (χ3v) is 4.42.